The van der Waals surface area contributed by atoms with Crippen LogP contribution in [0.4, 0.5) is 5.69 Å². The SMILES string of the molecule is CC[C@@H]1CSC2=[N+]1C[C@](O)(c1ccc(Cl)cc1)N2c1ccccc1. The number of nitrogens with zero attached hydrogens (tertiary/aromatic N) is 2. The first-order valence-corrected chi connectivity index (χ1v) is 9.60. The van der Waals surface area contributed by atoms with Crippen LogP contribution in [0.15, 0.2) is 54.6 Å². The van der Waals surface area contributed by atoms with Crippen molar-refractivity contribution in [3.8, 4) is 0 Å². The fraction of sp³-hybridized carbons (Fsp3) is 0.316. The maximum atomic E-state index is 11.7. The lowest BCUT2D eigenvalue weighted by Gasteiger charge is -2.29. The van der Waals surface area contributed by atoms with Crippen LogP contribution in [-0.4, -0.2) is 33.2 Å². The van der Waals surface area contributed by atoms with Crippen LogP contribution in [0.5, 0.6) is 0 Å². The van der Waals surface area contributed by atoms with Crippen molar-refractivity contribution in [2.75, 3.05) is 17.2 Å². The predicted molar refractivity (Wildman–Crippen MR) is 101 cm³/mol. The van der Waals surface area contributed by atoms with E-state index in [1.54, 1.807) is 0 Å². The largest absolute Gasteiger partial charge is 0.346 e. The van der Waals surface area contributed by atoms with Gasteiger partial charge in [0.05, 0.1) is 0 Å². The highest BCUT2D eigenvalue weighted by atomic mass is 35.5. The Hall–Kier alpha value is -1.49. The Morgan fingerprint density at radius 2 is 1.92 bits per heavy atom. The zero-order chi connectivity index (χ0) is 16.7. The third-order valence-corrected chi connectivity index (χ3v) is 6.31. The fourth-order valence-corrected chi connectivity index (χ4v) is 5.18. The van der Waals surface area contributed by atoms with E-state index in [9.17, 15) is 5.11 Å². The van der Waals surface area contributed by atoms with Crippen LogP contribution >= 0.6 is 23.4 Å². The Morgan fingerprint density at radius 1 is 1.21 bits per heavy atom. The standard InChI is InChI=1S/C19H20ClN2OS/c1-2-16-12-24-18-21(16)13-19(23,14-8-10-15(20)11-9-14)22(18)17-6-4-3-5-7-17/h3-11,16,23H,2,12-13H2,1H3/q+1/t16-,19+/m1/s1. The van der Waals surface area contributed by atoms with Gasteiger partial charge in [0.2, 0.25) is 0 Å². The number of benzene rings is 2. The molecular weight excluding hydrogens is 340 g/mol. The molecule has 0 radical (unpaired) electrons. The zero-order valence-electron chi connectivity index (χ0n) is 13.5. The number of para-hydroxylation sites is 1. The summed E-state index contributed by atoms with van der Waals surface area (Å²) < 4.78 is 2.35. The smallest absolute Gasteiger partial charge is 0.317 e. The van der Waals surface area contributed by atoms with E-state index in [1.807, 2.05) is 54.2 Å². The number of halogens is 1. The van der Waals surface area contributed by atoms with Crippen molar-refractivity contribution in [2.24, 2.45) is 0 Å². The number of hydrogen-bond donors (Lipinski definition) is 1. The molecule has 2 aliphatic rings. The summed E-state index contributed by atoms with van der Waals surface area (Å²) in [6.07, 6.45) is 1.08. The van der Waals surface area contributed by atoms with Crippen molar-refractivity contribution in [1.29, 1.82) is 0 Å². The predicted octanol–water partition coefficient (Wildman–Crippen LogP) is 3.90. The number of aliphatic hydroxyl groups is 1. The molecule has 5 heteroatoms. The van der Waals surface area contributed by atoms with Crippen molar-refractivity contribution in [1.82, 2.24) is 0 Å². The van der Waals surface area contributed by atoms with E-state index in [4.69, 9.17) is 11.6 Å². The lowest BCUT2D eigenvalue weighted by atomic mass is 10.0. The maximum Gasteiger partial charge on any atom is 0.317 e. The molecule has 3 nitrogen and oxygen atoms in total. The molecule has 124 valence electrons. The second kappa shape index (κ2) is 6.10. The number of amidine groups is 1. The zero-order valence-corrected chi connectivity index (χ0v) is 15.1. The minimum Gasteiger partial charge on any atom is -0.346 e. The minimum absolute atomic E-state index is 0.470. The van der Waals surface area contributed by atoms with Crippen LogP contribution in [0, 0.1) is 0 Å². The highest BCUT2D eigenvalue weighted by Gasteiger charge is 2.57. The Morgan fingerprint density at radius 3 is 2.58 bits per heavy atom. The van der Waals surface area contributed by atoms with Gasteiger partial charge in [-0.2, -0.15) is 4.90 Å². The Balaban J connectivity index is 1.83. The van der Waals surface area contributed by atoms with Crippen molar-refractivity contribution in [2.45, 2.75) is 25.1 Å². The van der Waals surface area contributed by atoms with Gasteiger partial charge in [-0.1, -0.05) is 48.9 Å². The van der Waals surface area contributed by atoms with Gasteiger partial charge >= 0.3 is 5.17 Å². The molecule has 4 rings (SSSR count). The molecular formula is C19H20ClN2OS+. The van der Waals surface area contributed by atoms with Gasteiger partial charge in [-0.3, -0.25) is 0 Å². The first-order valence-electron chi connectivity index (χ1n) is 8.23. The normalized spacial score (nSPS) is 26.1. The van der Waals surface area contributed by atoms with Gasteiger partial charge in [-0.05, 0) is 42.4 Å². The average molecular weight is 360 g/mol. The lowest BCUT2D eigenvalue weighted by molar-refractivity contribution is -0.561. The molecule has 2 aliphatic heterocycles. The third kappa shape index (κ3) is 2.44. The molecule has 0 spiro atoms. The summed E-state index contributed by atoms with van der Waals surface area (Å²) in [5, 5.41) is 13.5. The number of rotatable bonds is 3. The lowest BCUT2D eigenvalue weighted by Crippen LogP contribution is -2.47. The second-order valence-corrected chi connectivity index (χ2v) is 7.70. The first kappa shape index (κ1) is 16.0. The summed E-state index contributed by atoms with van der Waals surface area (Å²) >= 11 is 7.87. The molecule has 2 aromatic carbocycles. The molecule has 0 aromatic heterocycles. The quantitative estimate of drug-likeness (QED) is 0.842. The number of anilines is 1. The van der Waals surface area contributed by atoms with Crippen molar-refractivity contribution in [3.05, 3.63) is 65.2 Å². The van der Waals surface area contributed by atoms with Crippen molar-refractivity contribution >= 4 is 34.2 Å². The monoisotopic (exact) mass is 359 g/mol. The molecule has 0 amide bonds. The van der Waals surface area contributed by atoms with Gasteiger partial charge in [0, 0.05) is 16.3 Å². The highest BCUT2D eigenvalue weighted by Crippen LogP contribution is 2.42. The molecule has 0 saturated carbocycles. The Labute approximate surface area is 151 Å². The van der Waals surface area contributed by atoms with Gasteiger partial charge in [-0.25, -0.2) is 4.58 Å². The molecule has 0 fully saturated rings. The molecule has 2 atom stereocenters. The van der Waals surface area contributed by atoms with E-state index in [2.05, 4.69) is 28.5 Å². The average Bonchev–Trinajstić information content (AvgIpc) is 3.11. The molecule has 0 bridgehead atoms. The molecule has 0 saturated heterocycles. The molecule has 0 unspecified atom stereocenters. The fourth-order valence-electron chi connectivity index (χ4n) is 3.53. The van der Waals surface area contributed by atoms with Gasteiger partial charge in [-0.15, -0.1) is 0 Å². The van der Waals surface area contributed by atoms with E-state index in [0.717, 1.165) is 28.6 Å². The molecule has 2 aromatic rings. The molecule has 0 aliphatic carbocycles. The third-order valence-electron chi connectivity index (χ3n) is 4.84. The van der Waals surface area contributed by atoms with E-state index in [-0.39, 0.29) is 0 Å². The Bertz CT molecular complexity index is 778. The van der Waals surface area contributed by atoms with Gasteiger partial charge in [0.25, 0.3) is 5.72 Å². The highest BCUT2D eigenvalue weighted by molar-refractivity contribution is 8.14. The molecule has 24 heavy (non-hydrogen) atoms. The van der Waals surface area contributed by atoms with Crippen molar-refractivity contribution < 1.29 is 9.68 Å². The maximum absolute atomic E-state index is 11.7. The first-order chi connectivity index (χ1) is 11.6. The van der Waals surface area contributed by atoms with Crippen LogP contribution in [0.3, 0.4) is 0 Å². The summed E-state index contributed by atoms with van der Waals surface area (Å²) in [5.74, 6) is 1.08. The van der Waals surface area contributed by atoms with Crippen LogP contribution in [0.2, 0.25) is 5.02 Å². The summed E-state index contributed by atoms with van der Waals surface area (Å²) in [6, 6.07) is 18.1. The topological polar surface area (TPSA) is 26.5 Å². The van der Waals surface area contributed by atoms with Gasteiger partial charge in [0.15, 0.2) is 6.54 Å². The van der Waals surface area contributed by atoms with Gasteiger partial charge < -0.3 is 5.11 Å². The van der Waals surface area contributed by atoms with E-state index < -0.39 is 5.72 Å². The van der Waals surface area contributed by atoms with E-state index in [0.29, 0.717) is 17.6 Å². The van der Waals surface area contributed by atoms with E-state index in [1.165, 1.54) is 0 Å². The summed E-state index contributed by atoms with van der Waals surface area (Å²) in [5.41, 5.74) is 0.798. The van der Waals surface area contributed by atoms with Crippen LogP contribution in [0.1, 0.15) is 18.9 Å². The second-order valence-electron chi connectivity index (χ2n) is 6.28. The van der Waals surface area contributed by atoms with E-state index >= 15 is 0 Å². The van der Waals surface area contributed by atoms with Crippen LogP contribution in [-0.2, 0) is 5.72 Å². The molecule has 1 N–H and O–H groups in total. The number of hydrogen-bond acceptors (Lipinski definition) is 3. The summed E-state index contributed by atoms with van der Waals surface area (Å²) in [6.45, 7) is 2.78. The number of thioether (sulfide) groups is 1. The minimum atomic E-state index is -1.08. The van der Waals surface area contributed by atoms with Gasteiger partial charge in [0.1, 0.15) is 11.7 Å². The Kier molecular flexibility index (Phi) is 4.07. The van der Waals surface area contributed by atoms with Crippen LogP contribution < -0.4 is 4.90 Å². The molecule has 2 heterocycles. The van der Waals surface area contributed by atoms with Crippen LogP contribution in [0.25, 0.3) is 0 Å². The summed E-state index contributed by atoms with van der Waals surface area (Å²) in [4.78, 5) is 2.08. The summed E-state index contributed by atoms with van der Waals surface area (Å²) in [7, 11) is 0. The van der Waals surface area contributed by atoms with Crippen molar-refractivity contribution in [3.63, 3.8) is 0 Å².